The fraction of sp³-hybridized carbons (Fsp3) is 0.320. The molecule has 0 aliphatic heterocycles. The number of carbonyl (C=O) groups is 2. The summed E-state index contributed by atoms with van der Waals surface area (Å²) < 4.78 is 45.1. The van der Waals surface area contributed by atoms with Gasteiger partial charge < -0.3 is 15.4 Å². The van der Waals surface area contributed by atoms with Gasteiger partial charge in [-0.3, -0.25) is 14.6 Å². The van der Waals surface area contributed by atoms with Crippen LogP contribution in [0.4, 0.5) is 24.5 Å². The predicted molar refractivity (Wildman–Crippen MR) is 130 cm³/mol. The molecule has 0 radical (unpaired) electrons. The number of carbonyl (C=O) groups excluding carboxylic acids is 2. The van der Waals surface area contributed by atoms with Crippen LogP contribution in [-0.4, -0.2) is 33.2 Å². The van der Waals surface area contributed by atoms with Crippen molar-refractivity contribution in [1.29, 1.82) is 0 Å². The first-order valence-electron chi connectivity index (χ1n) is 11.4. The van der Waals surface area contributed by atoms with Gasteiger partial charge in [-0.1, -0.05) is 11.6 Å². The van der Waals surface area contributed by atoms with Crippen molar-refractivity contribution in [2.45, 2.75) is 38.9 Å². The van der Waals surface area contributed by atoms with E-state index in [0.29, 0.717) is 36.4 Å². The quantitative estimate of drug-likeness (QED) is 0.338. The number of hydrogen-bond acceptors (Lipinski definition) is 7. The highest BCUT2D eigenvalue weighted by Gasteiger charge is 2.51. The van der Waals surface area contributed by atoms with Crippen LogP contribution < -0.4 is 15.4 Å². The van der Waals surface area contributed by atoms with E-state index in [1.807, 2.05) is 0 Å². The van der Waals surface area contributed by atoms with E-state index in [1.54, 1.807) is 19.1 Å². The lowest BCUT2D eigenvalue weighted by Crippen LogP contribution is -2.33. The van der Waals surface area contributed by atoms with E-state index in [1.165, 1.54) is 30.7 Å². The number of anilines is 2. The van der Waals surface area contributed by atoms with E-state index < -0.39 is 17.2 Å². The molecule has 0 bridgehead atoms. The summed E-state index contributed by atoms with van der Waals surface area (Å²) in [5.74, 6) is -0.489. The molecule has 0 saturated heterocycles. The highest BCUT2D eigenvalue weighted by molar-refractivity contribution is 6.30. The third-order valence-corrected chi connectivity index (χ3v) is 6.11. The molecule has 4 rings (SSSR count). The molecule has 2 aromatic heterocycles. The van der Waals surface area contributed by atoms with Crippen molar-refractivity contribution in [3.8, 4) is 6.01 Å². The molecule has 194 valence electrons. The van der Waals surface area contributed by atoms with Crippen molar-refractivity contribution < 1.29 is 27.5 Å². The van der Waals surface area contributed by atoms with Crippen LogP contribution in [-0.2, 0) is 17.5 Å². The van der Waals surface area contributed by atoms with E-state index in [9.17, 15) is 22.8 Å². The molecule has 1 aliphatic rings. The molecule has 1 fully saturated rings. The van der Waals surface area contributed by atoms with E-state index in [0.717, 1.165) is 6.07 Å². The number of benzene rings is 1. The fourth-order valence-electron chi connectivity index (χ4n) is 3.69. The molecule has 0 spiro atoms. The first-order valence-corrected chi connectivity index (χ1v) is 11.8. The van der Waals surface area contributed by atoms with Crippen LogP contribution in [0.2, 0.25) is 5.02 Å². The molecule has 0 unspecified atom stereocenters. The Morgan fingerprint density at radius 1 is 1.08 bits per heavy atom. The van der Waals surface area contributed by atoms with E-state index >= 15 is 0 Å². The number of nitrogens with zero attached hydrogens (tertiary/aromatic N) is 3. The molecule has 3 aromatic rings. The Hall–Kier alpha value is -3.73. The Kier molecular flexibility index (Phi) is 7.63. The monoisotopic (exact) mass is 533 g/mol. The molecule has 1 aliphatic carbocycles. The van der Waals surface area contributed by atoms with Crippen LogP contribution >= 0.6 is 11.6 Å². The van der Waals surface area contributed by atoms with Gasteiger partial charge in [0.25, 0.3) is 0 Å². The standard InChI is InChI=1S/C25H23ClF3N5O3/c1-2-37-23-32-11-15(12-33-23)21(35)10-24(7-8-24)22(36)31-13-17-4-5-18(14-30-17)34-20-6-3-16(26)9-19(20)25(27,28)29/h3-6,9,11-12,14,34H,2,7-8,10,13H2,1H3,(H,31,36). The van der Waals surface area contributed by atoms with Gasteiger partial charge in [0.15, 0.2) is 5.78 Å². The number of ketones is 1. The minimum absolute atomic E-state index is 0.0231. The third kappa shape index (κ3) is 6.53. The maximum absolute atomic E-state index is 13.3. The smallest absolute Gasteiger partial charge is 0.418 e. The second-order valence-electron chi connectivity index (χ2n) is 8.60. The molecule has 2 heterocycles. The maximum Gasteiger partial charge on any atom is 0.418 e. The topological polar surface area (TPSA) is 106 Å². The minimum Gasteiger partial charge on any atom is -0.464 e. The molecule has 1 amide bonds. The van der Waals surface area contributed by atoms with Crippen molar-refractivity contribution in [2.75, 3.05) is 11.9 Å². The van der Waals surface area contributed by atoms with Gasteiger partial charge in [0, 0.05) is 23.8 Å². The molecule has 1 aromatic carbocycles. The molecule has 37 heavy (non-hydrogen) atoms. The van der Waals surface area contributed by atoms with Crippen LogP contribution in [0.1, 0.15) is 47.8 Å². The molecular weight excluding hydrogens is 511 g/mol. The lowest BCUT2D eigenvalue weighted by atomic mass is 9.96. The Bertz CT molecular complexity index is 1280. The van der Waals surface area contributed by atoms with Gasteiger partial charge in [0.2, 0.25) is 5.91 Å². The van der Waals surface area contributed by atoms with Crippen molar-refractivity contribution >= 4 is 34.7 Å². The summed E-state index contributed by atoms with van der Waals surface area (Å²) in [5, 5.41) is 5.47. The molecule has 2 N–H and O–H groups in total. The molecule has 8 nitrogen and oxygen atoms in total. The zero-order chi connectivity index (χ0) is 26.6. The van der Waals surface area contributed by atoms with Gasteiger partial charge in [0.1, 0.15) is 0 Å². The van der Waals surface area contributed by atoms with Gasteiger partial charge in [-0.25, -0.2) is 9.97 Å². The van der Waals surface area contributed by atoms with Crippen molar-refractivity contribution in [3.63, 3.8) is 0 Å². The lowest BCUT2D eigenvalue weighted by molar-refractivity contribution is -0.137. The SMILES string of the molecule is CCOc1ncc(C(=O)CC2(C(=O)NCc3ccc(Nc4ccc(Cl)cc4C(F)(F)F)cn3)CC2)cn1. The highest BCUT2D eigenvalue weighted by Crippen LogP contribution is 2.49. The number of hydrogen-bond donors (Lipinski definition) is 2. The third-order valence-electron chi connectivity index (χ3n) is 5.88. The number of amides is 1. The fourth-order valence-corrected chi connectivity index (χ4v) is 3.86. The van der Waals surface area contributed by atoms with Crippen LogP contribution in [0.5, 0.6) is 6.01 Å². The number of aromatic nitrogens is 3. The lowest BCUT2D eigenvalue weighted by Gasteiger charge is -2.16. The molecule has 1 saturated carbocycles. The predicted octanol–water partition coefficient (Wildman–Crippen LogP) is 5.36. The zero-order valence-electron chi connectivity index (χ0n) is 19.7. The maximum atomic E-state index is 13.3. The Labute approximate surface area is 215 Å². The van der Waals surface area contributed by atoms with Gasteiger partial charge in [-0.15, -0.1) is 0 Å². The Balaban J connectivity index is 1.33. The number of nitrogens with one attached hydrogen (secondary N) is 2. The van der Waals surface area contributed by atoms with Gasteiger partial charge in [-0.05, 0) is 50.1 Å². The average Bonchev–Trinajstić information content (AvgIpc) is 3.65. The molecule has 0 atom stereocenters. The van der Waals surface area contributed by atoms with Crippen molar-refractivity contribution in [2.24, 2.45) is 5.41 Å². The second-order valence-corrected chi connectivity index (χ2v) is 9.04. The van der Waals surface area contributed by atoms with Gasteiger partial charge >= 0.3 is 12.2 Å². The molecule has 12 heteroatoms. The van der Waals surface area contributed by atoms with E-state index in [-0.39, 0.29) is 41.4 Å². The normalized spacial score (nSPS) is 14.1. The van der Waals surface area contributed by atoms with Crippen LogP contribution in [0.15, 0.2) is 48.9 Å². The first kappa shape index (κ1) is 26.3. The van der Waals surface area contributed by atoms with Crippen LogP contribution in [0.3, 0.4) is 0 Å². The van der Waals surface area contributed by atoms with Crippen LogP contribution in [0, 0.1) is 5.41 Å². The zero-order valence-corrected chi connectivity index (χ0v) is 20.5. The number of rotatable bonds is 10. The van der Waals surface area contributed by atoms with Gasteiger partial charge in [0.05, 0.1) is 53.0 Å². The van der Waals surface area contributed by atoms with Gasteiger partial charge in [-0.2, -0.15) is 13.2 Å². The van der Waals surface area contributed by atoms with E-state index in [4.69, 9.17) is 16.3 Å². The second kappa shape index (κ2) is 10.7. The minimum atomic E-state index is -4.58. The van der Waals surface area contributed by atoms with E-state index in [2.05, 4.69) is 25.6 Å². The first-order chi connectivity index (χ1) is 17.6. The largest absolute Gasteiger partial charge is 0.464 e. The highest BCUT2D eigenvalue weighted by atomic mass is 35.5. The Morgan fingerprint density at radius 2 is 1.81 bits per heavy atom. The summed E-state index contributed by atoms with van der Waals surface area (Å²) in [5.41, 5.74) is -0.672. The number of halogens is 4. The van der Waals surface area contributed by atoms with Crippen molar-refractivity contribution in [1.82, 2.24) is 20.3 Å². The Morgan fingerprint density at radius 3 is 2.41 bits per heavy atom. The average molecular weight is 534 g/mol. The summed E-state index contributed by atoms with van der Waals surface area (Å²) >= 11 is 5.72. The number of pyridine rings is 1. The summed E-state index contributed by atoms with van der Waals surface area (Å²) in [4.78, 5) is 37.6. The summed E-state index contributed by atoms with van der Waals surface area (Å²) in [6.45, 7) is 2.31. The molecular formula is C25H23ClF3N5O3. The van der Waals surface area contributed by atoms with Crippen molar-refractivity contribution in [3.05, 3.63) is 70.8 Å². The summed E-state index contributed by atoms with van der Waals surface area (Å²) in [7, 11) is 0. The number of alkyl halides is 3. The summed E-state index contributed by atoms with van der Waals surface area (Å²) in [6, 6.07) is 6.79. The number of ether oxygens (including phenoxy) is 1. The number of Topliss-reactive ketones (excluding diaryl/α,β-unsaturated/α-hetero) is 1. The van der Waals surface area contributed by atoms with Crippen LogP contribution in [0.25, 0.3) is 0 Å². The summed E-state index contributed by atoms with van der Waals surface area (Å²) in [6.07, 6.45) is 0.770.